The second-order valence-corrected chi connectivity index (χ2v) is 11.3. The third kappa shape index (κ3) is 5.91. The molecule has 0 atom stereocenters. The molecule has 1 amide bonds. The number of hydrogen-bond acceptors (Lipinski definition) is 4. The van der Waals surface area contributed by atoms with Crippen molar-refractivity contribution >= 4 is 15.7 Å². The first-order chi connectivity index (χ1) is 16.2. The number of hydrogen-bond donors (Lipinski definition) is 0. The van der Waals surface area contributed by atoms with Crippen LogP contribution in [0.4, 0.5) is 4.39 Å². The number of sulfone groups is 1. The Kier molecular flexibility index (Phi) is 7.16. The Hall–Kier alpha value is -3.00. The molecule has 1 heterocycles. The molecule has 3 aromatic rings. The molecule has 1 saturated carbocycles. The summed E-state index contributed by atoms with van der Waals surface area (Å²) in [6.45, 7) is 5.35. The van der Waals surface area contributed by atoms with E-state index in [4.69, 9.17) is 0 Å². The zero-order valence-electron chi connectivity index (χ0n) is 19.5. The Labute approximate surface area is 200 Å². The summed E-state index contributed by atoms with van der Waals surface area (Å²) in [5, 5.41) is -0.0426. The van der Waals surface area contributed by atoms with Crippen LogP contribution in [-0.4, -0.2) is 35.3 Å². The SMILES string of the molecule is CC(C)CN(Cc1cnc(S(=O)(=O)Cc2ccc(F)cc2)n1Cc1ccccc1)C(=O)C1CC1. The van der Waals surface area contributed by atoms with E-state index in [0.29, 0.717) is 30.9 Å². The monoisotopic (exact) mass is 483 g/mol. The minimum Gasteiger partial charge on any atom is -0.336 e. The number of carbonyl (C=O) groups is 1. The third-order valence-electron chi connectivity index (χ3n) is 5.81. The summed E-state index contributed by atoms with van der Waals surface area (Å²) in [7, 11) is -3.81. The van der Waals surface area contributed by atoms with Gasteiger partial charge in [0.1, 0.15) is 5.82 Å². The summed E-state index contributed by atoms with van der Waals surface area (Å²) in [5.41, 5.74) is 2.10. The van der Waals surface area contributed by atoms with Crippen LogP contribution in [0.25, 0.3) is 0 Å². The van der Waals surface area contributed by atoms with Crippen LogP contribution in [0.5, 0.6) is 0 Å². The number of carbonyl (C=O) groups excluding carboxylic acids is 1. The van der Waals surface area contributed by atoms with Gasteiger partial charge in [0.25, 0.3) is 0 Å². The quantitative estimate of drug-likeness (QED) is 0.427. The van der Waals surface area contributed by atoms with E-state index in [0.717, 1.165) is 18.4 Å². The van der Waals surface area contributed by atoms with Crippen LogP contribution in [0.1, 0.15) is 43.5 Å². The van der Waals surface area contributed by atoms with E-state index in [-0.39, 0.29) is 28.7 Å². The Morgan fingerprint density at radius 3 is 2.38 bits per heavy atom. The molecule has 2 aromatic carbocycles. The fourth-order valence-corrected chi connectivity index (χ4v) is 5.51. The van der Waals surface area contributed by atoms with Crippen molar-refractivity contribution in [1.82, 2.24) is 14.5 Å². The molecule has 180 valence electrons. The highest BCUT2D eigenvalue weighted by atomic mass is 32.2. The Bertz CT molecular complexity index is 1230. The van der Waals surface area contributed by atoms with Gasteiger partial charge in [-0.25, -0.2) is 17.8 Å². The second kappa shape index (κ2) is 10.1. The molecule has 0 N–H and O–H groups in total. The second-order valence-electron chi connectivity index (χ2n) is 9.38. The molecule has 0 bridgehead atoms. The minimum absolute atomic E-state index is 0.0426. The highest BCUT2D eigenvalue weighted by Crippen LogP contribution is 2.32. The molecule has 0 saturated heterocycles. The van der Waals surface area contributed by atoms with Crippen LogP contribution >= 0.6 is 0 Å². The molecule has 1 fully saturated rings. The number of amides is 1. The van der Waals surface area contributed by atoms with Crippen LogP contribution in [0.15, 0.2) is 66.0 Å². The highest BCUT2D eigenvalue weighted by molar-refractivity contribution is 7.90. The minimum atomic E-state index is -3.81. The van der Waals surface area contributed by atoms with E-state index in [1.807, 2.05) is 35.2 Å². The number of nitrogens with zero attached hydrogens (tertiary/aromatic N) is 3. The summed E-state index contributed by atoms with van der Waals surface area (Å²) < 4.78 is 41.7. The van der Waals surface area contributed by atoms with E-state index in [2.05, 4.69) is 18.8 Å². The Morgan fingerprint density at radius 1 is 1.09 bits per heavy atom. The van der Waals surface area contributed by atoms with Crippen molar-refractivity contribution in [3.05, 3.63) is 83.4 Å². The van der Waals surface area contributed by atoms with Gasteiger partial charge in [0.05, 0.1) is 30.7 Å². The van der Waals surface area contributed by atoms with E-state index in [1.54, 1.807) is 10.8 Å². The van der Waals surface area contributed by atoms with Gasteiger partial charge in [0.2, 0.25) is 20.9 Å². The molecular formula is C26H30FN3O3S. The van der Waals surface area contributed by atoms with Gasteiger partial charge in [0, 0.05) is 12.5 Å². The van der Waals surface area contributed by atoms with Crippen molar-refractivity contribution < 1.29 is 17.6 Å². The molecule has 4 rings (SSSR count). The molecule has 34 heavy (non-hydrogen) atoms. The molecule has 1 aliphatic carbocycles. The van der Waals surface area contributed by atoms with E-state index >= 15 is 0 Å². The van der Waals surface area contributed by atoms with Crippen molar-refractivity contribution in [1.29, 1.82) is 0 Å². The fraction of sp³-hybridized carbons (Fsp3) is 0.385. The number of halogens is 1. The lowest BCUT2D eigenvalue weighted by atomic mass is 10.2. The standard InChI is InChI=1S/C26H30FN3O3S/c1-19(2)15-29(25(31)22-10-11-22)17-24-14-28-26(30(24)16-20-6-4-3-5-7-20)34(32,33)18-21-8-12-23(27)13-9-21/h3-9,12-14,19,22H,10-11,15-18H2,1-2H3. The van der Waals surface area contributed by atoms with Gasteiger partial charge in [-0.15, -0.1) is 0 Å². The molecule has 1 aliphatic rings. The summed E-state index contributed by atoms with van der Waals surface area (Å²) in [6, 6.07) is 15.0. The Morgan fingerprint density at radius 2 is 1.76 bits per heavy atom. The molecule has 0 radical (unpaired) electrons. The third-order valence-corrected chi connectivity index (χ3v) is 7.41. The van der Waals surface area contributed by atoms with Gasteiger partial charge in [-0.1, -0.05) is 56.3 Å². The van der Waals surface area contributed by atoms with E-state index in [1.165, 1.54) is 24.3 Å². The largest absolute Gasteiger partial charge is 0.336 e. The number of rotatable bonds is 10. The lowest BCUT2D eigenvalue weighted by Crippen LogP contribution is -2.35. The summed E-state index contributed by atoms with van der Waals surface area (Å²) in [6.07, 6.45) is 3.38. The molecule has 0 spiro atoms. The maximum Gasteiger partial charge on any atom is 0.228 e. The van der Waals surface area contributed by atoms with Crippen molar-refractivity contribution in [2.45, 2.75) is 50.7 Å². The van der Waals surface area contributed by atoms with Crippen molar-refractivity contribution in [3.8, 4) is 0 Å². The normalized spacial score (nSPS) is 13.9. The molecule has 6 nitrogen and oxygen atoms in total. The van der Waals surface area contributed by atoms with Gasteiger partial charge in [-0.2, -0.15) is 0 Å². The molecule has 0 unspecified atom stereocenters. The average Bonchev–Trinajstić information content (AvgIpc) is 3.57. The summed E-state index contributed by atoms with van der Waals surface area (Å²) >= 11 is 0. The first-order valence-corrected chi connectivity index (χ1v) is 13.2. The fourth-order valence-electron chi connectivity index (χ4n) is 4.02. The van der Waals surface area contributed by atoms with Crippen molar-refractivity contribution in [3.63, 3.8) is 0 Å². The van der Waals surface area contributed by atoms with Gasteiger partial charge in [-0.3, -0.25) is 4.79 Å². The van der Waals surface area contributed by atoms with Crippen LogP contribution in [0.2, 0.25) is 0 Å². The van der Waals surface area contributed by atoms with Crippen molar-refractivity contribution in [2.24, 2.45) is 11.8 Å². The zero-order chi connectivity index (χ0) is 24.3. The predicted molar refractivity (Wildman–Crippen MR) is 128 cm³/mol. The van der Waals surface area contributed by atoms with Gasteiger partial charge in [0.15, 0.2) is 0 Å². The summed E-state index contributed by atoms with van der Waals surface area (Å²) in [4.78, 5) is 19.1. The lowest BCUT2D eigenvalue weighted by Gasteiger charge is -2.25. The molecular weight excluding hydrogens is 453 g/mol. The van der Waals surface area contributed by atoms with Gasteiger partial charge >= 0.3 is 0 Å². The lowest BCUT2D eigenvalue weighted by molar-refractivity contribution is -0.133. The van der Waals surface area contributed by atoms with Crippen molar-refractivity contribution in [2.75, 3.05) is 6.54 Å². The predicted octanol–water partition coefficient (Wildman–Crippen LogP) is 4.44. The highest BCUT2D eigenvalue weighted by Gasteiger charge is 2.34. The van der Waals surface area contributed by atoms with Crippen LogP contribution in [-0.2, 0) is 33.5 Å². The van der Waals surface area contributed by atoms with E-state index in [9.17, 15) is 17.6 Å². The topological polar surface area (TPSA) is 72.3 Å². The molecule has 8 heteroatoms. The average molecular weight is 484 g/mol. The smallest absolute Gasteiger partial charge is 0.228 e. The number of aromatic nitrogens is 2. The van der Waals surface area contributed by atoms with Crippen LogP contribution in [0.3, 0.4) is 0 Å². The Balaban J connectivity index is 1.68. The summed E-state index contributed by atoms with van der Waals surface area (Å²) in [5.74, 6) is -0.216. The maximum atomic E-state index is 13.4. The van der Waals surface area contributed by atoms with Crippen LogP contribution in [0, 0.1) is 17.7 Å². The number of benzene rings is 2. The number of imidazole rings is 1. The van der Waals surface area contributed by atoms with Gasteiger partial charge < -0.3 is 9.47 Å². The molecule has 0 aliphatic heterocycles. The van der Waals surface area contributed by atoms with E-state index < -0.39 is 15.7 Å². The first kappa shape index (κ1) is 24.1. The molecule has 1 aromatic heterocycles. The maximum absolute atomic E-state index is 13.4. The first-order valence-electron chi connectivity index (χ1n) is 11.6. The zero-order valence-corrected chi connectivity index (χ0v) is 20.3. The van der Waals surface area contributed by atoms with Crippen LogP contribution < -0.4 is 0 Å². The van der Waals surface area contributed by atoms with Gasteiger partial charge in [-0.05, 0) is 42.0 Å².